The molecule has 0 aliphatic carbocycles. The summed E-state index contributed by atoms with van der Waals surface area (Å²) in [5.41, 5.74) is 0.965. The van der Waals surface area contributed by atoms with Crippen molar-refractivity contribution >= 4 is 11.3 Å². The van der Waals surface area contributed by atoms with Crippen LogP contribution >= 0.6 is 11.3 Å². The molecular formula is C10H9NOS. The fraction of sp³-hybridized carbons (Fsp3) is 0.100. The SMILES string of the molecule is OCc1ccc(-c2ccccn2)s1. The molecule has 66 valence electrons. The second-order valence-electron chi connectivity index (χ2n) is 2.64. The van der Waals surface area contributed by atoms with Gasteiger partial charge in [-0.25, -0.2) is 0 Å². The number of aliphatic hydroxyl groups excluding tert-OH is 1. The third-order valence-corrected chi connectivity index (χ3v) is 2.83. The van der Waals surface area contributed by atoms with E-state index in [2.05, 4.69) is 4.98 Å². The minimum Gasteiger partial charge on any atom is -0.391 e. The Bertz CT molecular complexity index is 383. The van der Waals surface area contributed by atoms with Crippen LogP contribution in [0.3, 0.4) is 0 Å². The number of pyridine rings is 1. The molecule has 0 amide bonds. The van der Waals surface area contributed by atoms with Gasteiger partial charge in [0.25, 0.3) is 0 Å². The molecule has 2 aromatic rings. The highest BCUT2D eigenvalue weighted by molar-refractivity contribution is 7.15. The van der Waals surface area contributed by atoms with Crippen LogP contribution in [0.25, 0.3) is 10.6 Å². The van der Waals surface area contributed by atoms with Crippen molar-refractivity contribution in [1.29, 1.82) is 0 Å². The zero-order chi connectivity index (χ0) is 9.10. The van der Waals surface area contributed by atoms with Crippen LogP contribution in [0.1, 0.15) is 4.88 Å². The Morgan fingerprint density at radius 3 is 2.77 bits per heavy atom. The Kier molecular flexibility index (Phi) is 2.38. The third kappa shape index (κ3) is 1.76. The molecule has 0 bridgehead atoms. The van der Waals surface area contributed by atoms with Gasteiger partial charge in [-0.1, -0.05) is 6.07 Å². The van der Waals surface area contributed by atoms with E-state index in [1.165, 1.54) is 0 Å². The Morgan fingerprint density at radius 1 is 1.23 bits per heavy atom. The number of rotatable bonds is 2. The zero-order valence-corrected chi connectivity index (χ0v) is 7.79. The van der Waals surface area contributed by atoms with Gasteiger partial charge in [0.2, 0.25) is 0 Å². The molecule has 0 atom stereocenters. The van der Waals surface area contributed by atoms with Gasteiger partial charge in [-0.3, -0.25) is 4.98 Å². The fourth-order valence-electron chi connectivity index (χ4n) is 1.11. The first kappa shape index (κ1) is 8.41. The average Bonchev–Trinajstić information content (AvgIpc) is 2.67. The monoisotopic (exact) mass is 191 g/mol. The smallest absolute Gasteiger partial charge is 0.0801 e. The highest BCUT2D eigenvalue weighted by atomic mass is 32.1. The number of nitrogens with zero attached hydrogens (tertiary/aromatic N) is 1. The maximum absolute atomic E-state index is 8.89. The molecule has 2 heterocycles. The first-order valence-corrected chi connectivity index (χ1v) is 4.83. The van der Waals surface area contributed by atoms with Crippen LogP contribution in [0.2, 0.25) is 0 Å². The van der Waals surface area contributed by atoms with E-state index in [9.17, 15) is 0 Å². The molecule has 0 radical (unpaired) electrons. The summed E-state index contributed by atoms with van der Waals surface area (Å²) in [5.74, 6) is 0. The van der Waals surface area contributed by atoms with Gasteiger partial charge in [0.15, 0.2) is 0 Å². The van der Waals surface area contributed by atoms with Crippen LogP contribution in [-0.4, -0.2) is 10.1 Å². The summed E-state index contributed by atoms with van der Waals surface area (Å²) in [4.78, 5) is 6.30. The normalized spacial score (nSPS) is 10.2. The van der Waals surface area contributed by atoms with Gasteiger partial charge in [0.05, 0.1) is 17.2 Å². The van der Waals surface area contributed by atoms with Crippen LogP contribution in [0.15, 0.2) is 36.5 Å². The predicted molar refractivity (Wildman–Crippen MR) is 53.5 cm³/mol. The Morgan fingerprint density at radius 2 is 2.15 bits per heavy atom. The number of aliphatic hydroxyl groups is 1. The average molecular weight is 191 g/mol. The molecule has 3 heteroatoms. The Balaban J connectivity index is 2.36. The van der Waals surface area contributed by atoms with Gasteiger partial charge in [-0.05, 0) is 24.3 Å². The van der Waals surface area contributed by atoms with Crippen molar-refractivity contribution in [3.05, 3.63) is 41.4 Å². The molecule has 13 heavy (non-hydrogen) atoms. The van der Waals surface area contributed by atoms with E-state index in [4.69, 9.17) is 5.11 Å². The minimum absolute atomic E-state index is 0.109. The first-order valence-electron chi connectivity index (χ1n) is 4.01. The maximum Gasteiger partial charge on any atom is 0.0801 e. The second-order valence-corrected chi connectivity index (χ2v) is 3.81. The van der Waals surface area contributed by atoms with E-state index in [0.717, 1.165) is 15.4 Å². The van der Waals surface area contributed by atoms with Crippen molar-refractivity contribution in [3.8, 4) is 10.6 Å². The predicted octanol–water partition coefficient (Wildman–Crippen LogP) is 2.30. The topological polar surface area (TPSA) is 33.1 Å². The van der Waals surface area contributed by atoms with Crippen LogP contribution in [0.4, 0.5) is 0 Å². The van der Waals surface area contributed by atoms with Gasteiger partial charge in [0.1, 0.15) is 0 Å². The van der Waals surface area contributed by atoms with E-state index in [-0.39, 0.29) is 6.61 Å². The molecule has 0 fully saturated rings. The van der Waals surface area contributed by atoms with Crippen LogP contribution < -0.4 is 0 Å². The molecule has 0 aromatic carbocycles. The quantitative estimate of drug-likeness (QED) is 0.790. The molecule has 2 aromatic heterocycles. The molecule has 0 aliphatic rings. The summed E-state index contributed by atoms with van der Waals surface area (Å²) in [6, 6.07) is 9.73. The van der Waals surface area contributed by atoms with E-state index in [1.54, 1.807) is 17.5 Å². The number of hydrogen-bond donors (Lipinski definition) is 1. The lowest BCUT2D eigenvalue weighted by Crippen LogP contribution is -1.75. The lowest BCUT2D eigenvalue weighted by Gasteiger charge is -1.93. The van der Waals surface area contributed by atoms with Gasteiger partial charge < -0.3 is 5.11 Å². The maximum atomic E-state index is 8.89. The molecular weight excluding hydrogens is 182 g/mol. The largest absolute Gasteiger partial charge is 0.391 e. The number of aromatic nitrogens is 1. The van der Waals surface area contributed by atoms with Gasteiger partial charge >= 0.3 is 0 Å². The number of hydrogen-bond acceptors (Lipinski definition) is 3. The molecule has 0 aliphatic heterocycles. The molecule has 0 unspecified atom stereocenters. The molecule has 0 saturated carbocycles. The summed E-state index contributed by atoms with van der Waals surface area (Å²) in [7, 11) is 0. The second kappa shape index (κ2) is 3.68. The van der Waals surface area contributed by atoms with E-state index < -0.39 is 0 Å². The van der Waals surface area contributed by atoms with E-state index >= 15 is 0 Å². The molecule has 1 N–H and O–H groups in total. The van der Waals surface area contributed by atoms with Crippen molar-refractivity contribution in [2.45, 2.75) is 6.61 Å². The van der Waals surface area contributed by atoms with Gasteiger partial charge in [0, 0.05) is 11.1 Å². The Labute approximate surface area is 80.5 Å². The van der Waals surface area contributed by atoms with E-state index in [1.807, 2.05) is 30.3 Å². The summed E-state index contributed by atoms with van der Waals surface area (Å²) in [6.45, 7) is 0.109. The zero-order valence-electron chi connectivity index (χ0n) is 6.97. The summed E-state index contributed by atoms with van der Waals surface area (Å²) in [5, 5.41) is 8.89. The van der Waals surface area contributed by atoms with Crippen molar-refractivity contribution in [2.75, 3.05) is 0 Å². The summed E-state index contributed by atoms with van der Waals surface area (Å²) >= 11 is 1.57. The number of thiophene rings is 1. The van der Waals surface area contributed by atoms with Crippen molar-refractivity contribution < 1.29 is 5.11 Å². The van der Waals surface area contributed by atoms with Crippen LogP contribution in [0, 0.1) is 0 Å². The highest BCUT2D eigenvalue weighted by Crippen LogP contribution is 2.25. The van der Waals surface area contributed by atoms with Crippen molar-refractivity contribution in [2.24, 2.45) is 0 Å². The highest BCUT2D eigenvalue weighted by Gasteiger charge is 2.01. The van der Waals surface area contributed by atoms with Crippen LogP contribution in [-0.2, 0) is 6.61 Å². The fourth-order valence-corrected chi connectivity index (χ4v) is 1.95. The molecule has 0 saturated heterocycles. The molecule has 0 spiro atoms. The standard InChI is InChI=1S/C10H9NOS/c12-7-8-4-5-10(13-8)9-3-1-2-6-11-9/h1-6,12H,7H2. The molecule has 2 nitrogen and oxygen atoms in total. The lowest BCUT2D eigenvalue weighted by molar-refractivity contribution is 0.285. The summed E-state index contributed by atoms with van der Waals surface area (Å²) in [6.07, 6.45) is 1.77. The van der Waals surface area contributed by atoms with Gasteiger partial charge in [-0.15, -0.1) is 11.3 Å². The lowest BCUT2D eigenvalue weighted by atomic mass is 10.3. The van der Waals surface area contributed by atoms with Gasteiger partial charge in [-0.2, -0.15) is 0 Å². The van der Waals surface area contributed by atoms with Crippen molar-refractivity contribution in [3.63, 3.8) is 0 Å². The van der Waals surface area contributed by atoms with Crippen molar-refractivity contribution in [1.82, 2.24) is 4.98 Å². The Hall–Kier alpha value is -1.19. The van der Waals surface area contributed by atoms with E-state index in [0.29, 0.717) is 0 Å². The third-order valence-electron chi connectivity index (χ3n) is 1.73. The molecule has 2 rings (SSSR count). The minimum atomic E-state index is 0.109. The van der Waals surface area contributed by atoms with Crippen LogP contribution in [0.5, 0.6) is 0 Å². The first-order chi connectivity index (χ1) is 6.40. The summed E-state index contributed by atoms with van der Waals surface area (Å²) < 4.78 is 0.